The van der Waals surface area contributed by atoms with Gasteiger partial charge in [-0.15, -0.1) is 0 Å². The molecule has 0 saturated heterocycles. The molecule has 2 unspecified atom stereocenters. The Balaban J connectivity index is 1.87. The molecule has 0 spiro atoms. The first-order valence-corrected chi connectivity index (χ1v) is 12.5. The van der Waals surface area contributed by atoms with E-state index in [0.717, 1.165) is 13.0 Å². The van der Waals surface area contributed by atoms with E-state index < -0.39 is 16.5 Å². The summed E-state index contributed by atoms with van der Waals surface area (Å²) < 4.78 is 25.0. The van der Waals surface area contributed by atoms with Gasteiger partial charge in [-0.2, -0.15) is 0 Å². The summed E-state index contributed by atoms with van der Waals surface area (Å²) in [6, 6.07) is 10.7. The Morgan fingerprint density at radius 3 is 2.67 bits per heavy atom. The van der Waals surface area contributed by atoms with Crippen molar-refractivity contribution < 1.29 is 23.9 Å². The minimum atomic E-state index is -1.51. The summed E-state index contributed by atoms with van der Waals surface area (Å²) in [6.07, 6.45) is 0.754. The maximum atomic E-state index is 13.5. The summed E-state index contributed by atoms with van der Waals surface area (Å²) in [4.78, 5) is 16.9. The van der Waals surface area contributed by atoms with Crippen LogP contribution in [0.1, 0.15) is 38.1 Å². The Hall–Kier alpha value is -1.97. The summed E-state index contributed by atoms with van der Waals surface area (Å²) >= 11 is 4.65. The number of aliphatic hydroxyl groups excluding tert-OH is 1. The molecular weight excluding hydrogens is 464 g/mol. The standard InChI is InChI=1S/C24H31ClN2O5S/c1-16(2)26(11-12-28)10-5-13-32-22-8-7-19(31-4)15-20(22)24-27(17(3)29)21-14-18(25)6-9-23(21)33(24)30/h6-9,14-16,24,28H,5,10-13H2,1-4H3. The van der Waals surface area contributed by atoms with Gasteiger partial charge >= 0.3 is 0 Å². The van der Waals surface area contributed by atoms with Crippen LogP contribution >= 0.6 is 11.6 Å². The number of halogens is 1. The minimum Gasteiger partial charge on any atom is -0.609 e. The molecule has 2 aromatic rings. The number of hydrogen-bond acceptors (Lipinski definition) is 6. The van der Waals surface area contributed by atoms with Crippen LogP contribution in [0.5, 0.6) is 11.5 Å². The van der Waals surface area contributed by atoms with E-state index in [1.807, 2.05) is 0 Å². The van der Waals surface area contributed by atoms with Gasteiger partial charge in [-0.1, -0.05) is 11.6 Å². The van der Waals surface area contributed by atoms with Gasteiger partial charge in [-0.05, 0) is 56.7 Å². The Labute approximate surface area is 203 Å². The van der Waals surface area contributed by atoms with E-state index in [-0.39, 0.29) is 12.5 Å². The smallest absolute Gasteiger partial charge is 0.230 e. The van der Waals surface area contributed by atoms with Gasteiger partial charge in [-0.3, -0.25) is 14.6 Å². The van der Waals surface area contributed by atoms with Crippen LogP contribution in [0.3, 0.4) is 0 Å². The molecule has 9 heteroatoms. The van der Waals surface area contributed by atoms with Gasteiger partial charge in [-0.25, -0.2) is 0 Å². The molecule has 0 radical (unpaired) electrons. The van der Waals surface area contributed by atoms with E-state index in [2.05, 4.69) is 18.7 Å². The molecular formula is C24H31ClN2O5S. The molecule has 0 aromatic heterocycles. The lowest BCUT2D eigenvalue weighted by Crippen LogP contribution is -2.35. The maximum absolute atomic E-state index is 13.5. The van der Waals surface area contributed by atoms with Crippen molar-refractivity contribution >= 4 is 34.4 Å². The highest BCUT2D eigenvalue weighted by molar-refractivity contribution is 7.92. The van der Waals surface area contributed by atoms with Gasteiger partial charge in [0, 0.05) is 42.3 Å². The van der Waals surface area contributed by atoms with Gasteiger partial charge < -0.3 is 19.1 Å². The zero-order valence-electron chi connectivity index (χ0n) is 19.4. The van der Waals surface area contributed by atoms with Crippen LogP contribution in [0.2, 0.25) is 5.02 Å². The first-order valence-electron chi connectivity index (χ1n) is 10.9. The molecule has 2 aromatic carbocycles. The van der Waals surface area contributed by atoms with Crippen LogP contribution in [0, 0.1) is 0 Å². The Bertz CT molecular complexity index is 974. The summed E-state index contributed by atoms with van der Waals surface area (Å²) in [6.45, 7) is 7.57. The molecule has 3 rings (SSSR count). The second-order valence-corrected chi connectivity index (χ2v) is 10.0. The summed E-state index contributed by atoms with van der Waals surface area (Å²) in [7, 11) is 1.56. The van der Waals surface area contributed by atoms with E-state index in [0.29, 0.717) is 51.9 Å². The van der Waals surface area contributed by atoms with E-state index >= 15 is 0 Å². The third-order valence-electron chi connectivity index (χ3n) is 5.62. The van der Waals surface area contributed by atoms with Gasteiger partial charge in [0.25, 0.3) is 0 Å². The van der Waals surface area contributed by atoms with Crippen molar-refractivity contribution in [1.29, 1.82) is 0 Å². The normalized spacial score (nSPS) is 17.5. The highest BCUT2D eigenvalue weighted by atomic mass is 35.5. The Morgan fingerprint density at radius 1 is 1.27 bits per heavy atom. The van der Waals surface area contributed by atoms with Crippen LogP contribution in [0.15, 0.2) is 41.3 Å². The van der Waals surface area contributed by atoms with Gasteiger partial charge in [0.15, 0.2) is 4.90 Å². The number of amides is 1. The van der Waals surface area contributed by atoms with E-state index in [4.69, 9.17) is 21.1 Å². The van der Waals surface area contributed by atoms with Crippen molar-refractivity contribution in [3.05, 3.63) is 47.0 Å². The molecule has 33 heavy (non-hydrogen) atoms. The molecule has 180 valence electrons. The van der Waals surface area contributed by atoms with E-state index in [1.165, 1.54) is 11.8 Å². The van der Waals surface area contributed by atoms with Crippen molar-refractivity contribution in [3.63, 3.8) is 0 Å². The molecule has 1 aliphatic heterocycles. The molecule has 7 nitrogen and oxygen atoms in total. The number of benzene rings is 2. The number of rotatable bonds is 10. The van der Waals surface area contributed by atoms with Crippen LogP contribution in [0.25, 0.3) is 0 Å². The number of carbonyl (C=O) groups is 1. The lowest BCUT2D eigenvalue weighted by Gasteiger charge is -2.26. The molecule has 0 fully saturated rings. The predicted molar refractivity (Wildman–Crippen MR) is 131 cm³/mol. The zero-order chi connectivity index (χ0) is 24.1. The second kappa shape index (κ2) is 11.4. The lowest BCUT2D eigenvalue weighted by molar-refractivity contribution is -0.116. The predicted octanol–water partition coefficient (Wildman–Crippen LogP) is 3.99. The number of methoxy groups -OCH3 is 1. The fraction of sp³-hybridized carbons (Fsp3) is 0.458. The van der Waals surface area contributed by atoms with Crippen molar-refractivity contribution in [3.8, 4) is 11.5 Å². The Kier molecular flexibility index (Phi) is 8.89. The first-order chi connectivity index (χ1) is 15.8. The number of hydrogen-bond donors (Lipinski definition) is 1. The lowest BCUT2D eigenvalue weighted by atomic mass is 10.1. The van der Waals surface area contributed by atoms with Gasteiger partial charge in [0.05, 0.1) is 25.9 Å². The third-order valence-corrected chi connectivity index (χ3v) is 7.51. The summed E-state index contributed by atoms with van der Waals surface area (Å²) in [5.74, 6) is 0.901. The molecule has 1 heterocycles. The molecule has 1 N–H and O–H groups in total. The average molecular weight is 495 g/mol. The molecule has 1 amide bonds. The minimum absolute atomic E-state index is 0.112. The molecule has 0 bridgehead atoms. The number of fused-ring (bicyclic) bond motifs is 1. The highest BCUT2D eigenvalue weighted by Crippen LogP contribution is 2.49. The zero-order valence-corrected chi connectivity index (χ0v) is 21.0. The van der Waals surface area contributed by atoms with Crippen LogP contribution in [-0.4, -0.2) is 59.9 Å². The number of nitrogens with zero attached hydrogens (tertiary/aromatic N) is 2. The number of anilines is 1. The topological polar surface area (TPSA) is 85.3 Å². The molecule has 0 saturated carbocycles. The van der Waals surface area contributed by atoms with Crippen molar-refractivity contribution in [2.45, 2.75) is 43.5 Å². The third kappa shape index (κ3) is 5.75. The fourth-order valence-corrected chi connectivity index (χ4v) is 5.81. The second-order valence-electron chi connectivity index (χ2n) is 8.11. The summed E-state index contributed by atoms with van der Waals surface area (Å²) in [5.41, 5.74) is 1.16. The van der Waals surface area contributed by atoms with E-state index in [9.17, 15) is 14.5 Å². The monoisotopic (exact) mass is 494 g/mol. The molecule has 2 atom stereocenters. The SMILES string of the molecule is COc1ccc(OCCCN(CCO)C(C)C)c(C2N(C(C)=O)c3cc(Cl)ccc3[S+]2[O-])c1. The first kappa shape index (κ1) is 25.6. The number of aliphatic hydroxyl groups is 1. The largest absolute Gasteiger partial charge is 0.609 e. The van der Waals surface area contributed by atoms with Crippen LogP contribution < -0.4 is 14.4 Å². The average Bonchev–Trinajstić information content (AvgIpc) is 3.07. The molecule has 1 aliphatic rings. The highest BCUT2D eigenvalue weighted by Gasteiger charge is 2.47. The van der Waals surface area contributed by atoms with Crippen molar-refractivity contribution in [1.82, 2.24) is 4.90 Å². The van der Waals surface area contributed by atoms with Crippen molar-refractivity contribution in [2.24, 2.45) is 0 Å². The molecule has 0 aliphatic carbocycles. The Morgan fingerprint density at radius 2 is 2.03 bits per heavy atom. The van der Waals surface area contributed by atoms with Crippen LogP contribution in [-0.2, 0) is 16.0 Å². The quantitative estimate of drug-likeness (QED) is 0.397. The summed E-state index contributed by atoms with van der Waals surface area (Å²) in [5, 5.41) is 8.98. The van der Waals surface area contributed by atoms with Crippen molar-refractivity contribution in [2.75, 3.05) is 38.3 Å². The number of ether oxygens (including phenoxy) is 2. The maximum Gasteiger partial charge on any atom is 0.230 e. The number of carbonyl (C=O) groups excluding carboxylic acids is 1. The van der Waals surface area contributed by atoms with Crippen LogP contribution in [0.4, 0.5) is 5.69 Å². The fourth-order valence-electron chi connectivity index (χ4n) is 3.96. The van der Waals surface area contributed by atoms with Gasteiger partial charge in [0.2, 0.25) is 11.3 Å². The van der Waals surface area contributed by atoms with E-state index in [1.54, 1.807) is 43.5 Å². The van der Waals surface area contributed by atoms with Gasteiger partial charge in [0.1, 0.15) is 17.2 Å².